The molecular weight excluding hydrogens is 256 g/mol. The van der Waals surface area contributed by atoms with Crippen molar-refractivity contribution in [3.8, 4) is 0 Å². The van der Waals surface area contributed by atoms with E-state index in [0.29, 0.717) is 6.42 Å². The normalized spacial score (nSPS) is 19.4. The number of carbonyl (C=O) groups is 1. The summed E-state index contributed by atoms with van der Waals surface area (Å²) in [6.45, 7) is 6.12. The van der Waals surface area contributed by atoms with Crippen molar-refractivity contribution in [2.45, 2.75) is 63.5 Å². The molecule has 1 atom stereocenters. The maximum atomic E-state index is 11.5. The van der Waals surface area contributed by atoms with Gasteiger partial charge in [-0.1, -0.05) is 39.0 Å². The van der Waals surface area contributed by atoms with Gasteiger partial charge in [0.05, 0.1) is 0 Å². The molecule has 0 aromatic heterocycles. The van der Waals surface area contributed by atoms with Gasteiger partial charge in [0.25, 0.3) is 0 Å². The number of unbranched alkanes of at least 4 members (excludes halogenated alkanes) is 5. The highest BCUT2D eigenvalue weighted by Crippen LogP contribution is 2.15. The van der Waals surface area contributed by atoms with Crippen LogP contribution in [0.2, 0.25) is 0 Å². The zero-order chi connectivity index (χ0) is 13.9. The van der Waals surface area contributed by atoms with Crippen LogP contribution in [0.1, 0.15) is 58.3 Å². The Balaban J connectivity index is 1.82. The molecule has 0 aromatic carbocycles. The molecule has 1 aliphatic heterocycles. The Bertz CT molecular complexity index is 248. The molecule has 0 aliphatic carbocycles. The highest BCUT2D eigenvalue weighted by atomic mass is 32.1. The van der Waals surface area contributed by atoms with Gasteiger partial charge in [0.1, 0.15) is 0 Å². The number of carbonyl (C=O) groups excluding carboxylic acids is 1. The molecule has 112 valence electrons. The third-order valence-electron chi connectivity index (χ3n) is 3.68. The van der Waals surface area contributed by atoms with Crippen LogP contribution in [0.4, 0.5) is 0 Å². The molecule has 1 saturated heterocycles. The van der Waals surface area contributed by atoms with Crippen molar-refractivity contribution in [2.24, 2.45) is 0 Å². The second-order valence-corrected chi connectivity index (χ2v) is 6.30. The first-order chi connectivity index (χ1) is 9.24. The molecule has 4 heteroatoms. The van der Waals surface area contributed by atoms with Gasteiger partial charge in [-0.15, -0.1) is 0 Å². The lowest BCUT2D eigenvalue weighted by Gasteiger charge is -2.15. The van der Waals surface area contributed by atoms with E-state index in [1.807, 2.05) is 4.90 Å². The molecular formula is C15H30N2OS. The Morgan fingerprint density at radius 1 is 1.16 bits per heavy atom. The smallest absolute Gasteiger partial charge is 0.223 e. The molecule has 1 heterocycles. The van der Waals surface area contributed by atoms with Crippen LogP contribution in [-0.4, -0.2) is 42.2 Å². The van der Waals surface area contributed by atoms with Gasteiger partial charge >= 0.3 is 0 Å². The first kappa shape index (κ1) is 16.8. The molecule has 0 bridgehead atoms. The molecule has 1 rings (SSSR count). The lowest BCUT2D eigenvalue weighted by molar-refractivity contribution is -0.127. The van der Waals surface area contributed by atoms with Crippen molar-refractivity contribution in [3.05, 3.63) is 0 Å². The number of nitrogens with one attached hydrogen (secondary N) is 1. The lowest BCUT2D eigenvalue weighted by Crippen LogP contribution is -2.29. The van der Waals surface area contributed by atoms with Gasteiger partial charge in [-0.05, 0) is 25.9 Å². The second-order valence-electron chi connectivity index (χ2n) is 5.57. The van der Waals surface area contributed by atoms with Crippen molar-refractivity contribution < 1.29 is 4.79 Å². The van der Waals surface area contributed by atoms with E-state index >= 15 is 0 Å². The van der Waals surface area contributed by atoms with Gasteiger partial charge in [-0.2, -0.15) is 12.6 Å². The predicted octanol–water partition coefficient (Wildman–Crippen LogP) is 2.86. The van der Waals surface area contributed by atoms with Crippen molar-refractivity contribution in [1.29, 1.82) is 0 Å². The fourth-order valence-electron chi connectivity index (χ4n) is 2.52. The van der Waals surface area contributed by atoms with Crippen LogP contribution in [0.25, 0.3) is 0 Å². The standard InChI is InChI=1S/C15H30N2OS/c1-2-3-4-5-6-7-9-16-10-8-11-17-13-14(19)12-15(17)18/h14,16,19H,2-13H2,1H3. The topological polar surface area (TPSA) is 32.3 Å². The SMILES string of the molecule is CCCCCCCCNCCCN1CC(S)CC1=O. The molecule has 19 heavy (non-hydrogen) atoms. The Morgan fingerprint density at radius 3 is 2.53 bits per heavy atom. The average molecular weight is 286 g/mol. The number of rotatable bonds is 11. The summed E-state index contributed by atoms with van der Waals surface area (Å²) in [5, 5.41) is 3.72. The van der Waals surface area contributed by atoms with Crippen LogP contribution < -0.4 is 5.32 Å². The number of nitrogens with zero attached hydrogens (tertiary/aromatic N) is 1. The van der Waals surface area contributed by atoms with Crippen LogP contribution in [0, 0.1) is 0 Å². The largest absolute Gasteiger partial charge is 0.342 e. The van der Waals surface area contributed by atoms with E-state index in [1.54, 1.807) is 0 Å². The highest BCUT2D eigenvalue weighted by molar-refractivity contribution is 7.81. The number of thiol groups is 1. The van der Waals surface area contributed by atoms with Gasteiger partial charge in [-0.25, -0.2) is 0 Å². The first-order valence-corrected chi connectivity index (χ1v) is 8.42. The zero-order valence-corrected chi connectivity index (χ0v) is 13.3. The molecule has 1 amide bonds. The minimum absolute atomic E-state index is 0.253. The summed E-state index contributed by atoms with van der Waals surface area (Å²) in [4.78, 5) is 13.5. The number of amides is 1. The molecule has 0 saturated carbocycles. The Hall–Kier alpha value is -0.220. The Labute approximate surface area is 123 Å². The Kier molecular flexibility index (Phi) is 9.35. The van der Waals surface area contributed by atoms with E-state index in [9.17, 15) is 4.79 Å². The zero-order valence-electron chi connectivity index (χ0n) is 12.4. The summed E-state index contributed by atoms with van der Waals surface area (Å²) in [5.74, 6) is 0.274. The summed E-state index contributed by atoms with van der Waals surface area (Å²) in [7, 11) is 0. The highest BCUT2D eigenvalue weighted by Gasteiger charge is 2.26. The van der Waals surface area contributed by atoms with Crippen LogP contribution in [-0.2, 0) is 4.79 Å². The molecule has 3 nitrogen and oxygen atoms in total. The quantitative estimate of drug-likeness (QED) is 0.452. The minimum Gasteiger partial charge on any atom is -0.342 e. The van der Waals surface area contributed by atoms with Crippen molar-refractivity contribution in [1.82, 2.24) is 10.2 Å². The van der Waals surface area contributed by atoms with Crippen molar-refractivity contribution >= 4 is 18.5 Å². The number of likely N-dealkylation sites (tertiary alicyclic amines) is 1. The predicted molar refractivity (Wildman–Crippen MR) is 84.8 cm³/mol. The fourth-order valence-corrected chi connectivity index (χ4v) is 2.87. The summed E-state index contributed by atoms with van der Waals surface area (Å²) in [5.41, 5.74) is 0. The molecule has 0 spiro atoms. The van der Waals surface area contributed by atoms with Gasteiger partial charge in [0, 0.05) is 24.8 Å². The average Bonchev–Trinajstić information content (AvgIpc) is 2.70. The Morgan fingerprint density at radius 2 is 1.84 bits per heavy atom. The molecule has 1 unspecified atom stereocenters. The second kappa shape index (κ2) is 10.6. The van der Waals surface area contributed by atoms with Crippen LogP contribution in [0.5, 0.6) is 0 Å². The van der Waals surface area contributed by atoms with Gasteiger partial charge < -0.3 is 10.2 Å². The third-order valence-corrected chi connectivity index (χ3v) is 4.03. The van der Waals surface area contributed by atoms with E-state index in [2.05, 4.69) is 24.9 Å². The van der Waals surface area contributed by atoms with E-state index in [4.69, 9.17) is 0 Å². The minimum atomic E-state index is 0.253. The van der Waals surface area contributed by atoms with E-state index < -0.39 is 0 Å². The summed E-state index contributed by atoms with van der Waals surface area (Å²) < 4.78 is 0. The van der Waals surface area contributed by atoms with Crippen molar-refractivity contribution in [3.63, 3.8) is 0 Å². The van der Waals surface area contributed by atoms with Gasteiger partial charge in [0.2, 0.25) is 5.91 Å². The van der Waals surface area contributed by atoms with Gasteiger partial charge in [0.15, 0.2) is 0 Å². The summed E-state index contributed by atoms with van der Waals surface area (Å²) in [6.07, 6.45) is 9.77. The maximum absolute atomic E-state index is 11.5. The van der Waals surface area contributed by atoms with Crippen LogP contribution >= 0.6 is 12.6 Å². The lowest BCUT2D eigenvalue weighted by atomic mass is 10.1. The molecule has 0 radical (unpaired) electrons. The summed E-state index contributed by atoms with van der Waals surface area (Å²) >= 11 is 4.36. The monoisotopic (exact) mass is 286 g/mol. The van der Waals surface area contributed by atoms with Crippen molar-refractivity contribution in [2.75, 3.05) is 26.2 Å². The van der Waals surface area contributed by atoms with Gasteiger partial charge in [-0.3, -0.25) is 4.79 Å². The van der Waals surface area contributed by atoms with Crippen LogP contribution in [0.3, 0.4) is 0 Å². The summed E-state index contributed by atoms with van der Waals surface area (Å²) in [6, 6.07) is 0. The van der Waals surface area contributed by atoms with E-state index in [0.717, 1.165) is 32.6 Å². The first-order valence-electron chi connectivity index (χ1n) is 7.90. The fraction of sp³-hybridized carbons (Fsp3) is 0.933. The number of hydrogen-bond donors (Lipinski definition) is 2. The molecule has 1 aliphatic rings. The molecule has 1 fully saturated rings. The third kappa shape index (κ3) is 7.83. The molecule has 1 N–H and O–H groups in total. The number of hydrogen-bond acceptors (Lipinski definition) is 3. The molecule has 0 aromatic rings. The van der Waals surface area contributed by atoms with E-state index in [1.165, 1.54) is 38.5 Å². The van der Waals surface area contributed by atoms with Crippen LogP contribution in [0.15, 0.2) is 0 Å². The maximum Gasteiger partial charge on any atom is 0.223 e. The van der Waals surface area contributed by atoms with E-state index in [-0.39, 0.29) is 11.2 Å².